The zero-order valence-corrected chi connectivity index (χ0v) is 9.30. The number of hydrogen-bond donors (Lipinski definition) is 1. The quantitative estimate of drug-likeness (QED) is 0.854. The molecule has 1 N–H and O–H groups in total. The van der Waals surface area contributed by atoms with Crippen LogP contribution in [0.2, 0.25) is 0 Å². The van der Waals surface area contributed by atoms with Gasteiger partial charge in [-0.1, -0.05) is 0 Å². The lowest BCUT2D eigenvalue weighted by Gasteiger charge is -2.09. The molecular formula is C12H12O5. The maximum Gasteiger partial charge on any atom is 0.309 e. The molecule has 90 valence electrons. The maximum absolute atomic E-state index is 11.3. The Balaban J connectivity index is 2.04. The van der Waals surface area contributed by atoms with Crippen LogP contribution in [0, 0.1) is 5.92 Å². The Bertz CT molecular complexity index is 466. The van der Waals surface area contributed by atoms with Gasteiger partial charge in [0.1, 0.15) is 18.1 Å². The van der Waals surface area contributed by atoms with Crippen molar-refractivity contribution < 1.29 is 24.2 Å². The monoisotopic (exact) mass is 236 g/mol. The Morgan fingerprint density at radius 3 is 3.06 bits per heavy atom. The average molecular weight is 236 g/mol. The minimum Gasteiger partial charge on any atom is -0.493 e. The molecule has 17 heavy (non-hydrogen) atoms. The van der Waals surface area contributed by atoms with Crippen LogP contribution in [0.4, 0.5) is 0 Å². The standard InChI is InChI=1S/C12H12O5/c1-7(12(14)15)5-16-8-2-3-9-10(13)6-17-11(9)4-8/h2-4,7H,5-6H2,1H3,(H,14,15). The van der Waals surface area contributed by atoms with Crippen molar-refractivity contribution in [3.63, 3.8) is 0 Å². The zero-order valence-electron chi connectivity index (χ0n) is 9.30. The van der Waals surface area contributed by atoms with E-state index in [4.69, 9.17) is 14.6 Å². The molecule has 0 saturated carbocycles. The summed E-state index contributed by atoms with van der Waals surface area (Å²) in [6.07, 6.45) is 0. The first kappa shape index (κ1) is 11.4. The van der Waals surface area contributed by atoms with Crippen LogP contribution in [0.3, 0.4) is 0 Å². The second-order valence-electron chi connectivity index (χ2n) is 3.92. The average Bonchev–Trinajstić information content (AvgIpc) is 2.67. The van der Waals surface area contributed by atoms with Gasteiger partial charge in [0.25, 0.3) is 0 Å². The van der Waals surface area contributed by atoms with Crippen LogP contribution in [0.25, 0.3) is 0 Å². The summed E-state index contributed by atoms with van der Waals surface area (Å²) in [7, 11) is 0. The highest BCUT2D eigenvalue weighted by Crippen LogP contribution is 2.29. The van der Waals surface area contributed by atoms with Crippen molar-refractivity contribution in [3.05, 3.63) is 23.8 Å². The van der Waals surface area contributed by atoms with Gasteiger partial charge in [-0.25, -0.2) is 0 Å². The normalized spacial score (nSPS) is 15.0. The minimum absolute atomic E-state index is 0.0505. The first-order chi connectivity index (χ1) is 8.08. The number of Topliss-reactive ketones (excluding diaryl/α,β-unsaturated/α-hetero) is 1. The van der Waals surface area contributed by atoms with Crippen molar-refractivity contribution in [1.82, 2.24) is 0 Å². The van der Waals surface area contributed by atoms with E-state index in [0.717, 1.165) is 0 Å². The number of carboxylic acid groups (broad SMARTS) is 1. The Morgan fingerprint density at radius 2 is 2.35 bits per heavy atom. The first-order valence-electron chi connectivity index (χ1n) is 5.23. The molecule has 0 aromatic heterocycles. The lowest BCUT2D eigenvalue weighted by Crippen LogP contribution is -2.17. The third kappa shape index (κ3) is 2.38. The third-order valence-corrected chi connectivity index (χ3v) is 2.53. The summed E-state index contributed by atoms with van der Waals surface area (Å²) >= 11 is 0. The fraction of sp³-hybridized carbons (Fsp3) is 0.333. The highest BCUT2D eigenvalue weighted by Gasteiger charge is 2.21. The van der Waals surface area contributed by atoms with Gasteiger partial charge >= 0.3 is 5.97 Å². The van der Waals surface area contributed by atoms with Gasteiger partial charge in [0.15, 0.2) is 6.61 Å². The Labute approximate surface area is 98.0 Å². The second kappa shape index (κ2) is 4.45. The van der Waals surface area contributed by atoms with Crippen LogP contribution in [0.15, 0.2) is 18.2 Å². The van der Waals surface area contributed by atoms with E-state index in [1.807, 2.05) is 0 Å². The van der Waals surface area contributed by atoms with Gasteiger partial charge in [-0.05, 0) is 19.1 Å². The molecule has 0 fully saturated rings. The summed E-state index contributed by atoms with van der Waals surface area (Å²) < 4.78 is 10.5. The van der Waals surface area contributed by atoms with Gasteiger partial charge in [-0.2, -0.15) is 0 Å². The van der Waals surface area contributed by atoms with Crippen LogP contribution in [-0.2, 0) is 4.79 Å². The van der Waals surface area contributed by atoms with Crippen LogP contribution in [0.1, 0.15) is 17.3 Å². The van der Waals surface area contributed by atoms with Crippen LogP contribution < -0.4 is 9.47 Å². The molecule has 1 aromatic carbocycles. The third-order valence-electron chi connectivity index (χ3n) is 2.53. The smallest absolute Gasteiger partial charge is 0.309 e. The molecule has 0 saturated heterocycles. The van der Waals surface area contributed by atoms with E-state index >= 15 is 0 Å². The minimum atomic E-state index is -0.905. The van der Waals surface area contributed by atoms with E-state index in [-0.39, 0.29) is 19.0 Å². The van der Waals surface area contributed by atoms with Gasteiger partial charge in [0.2, 0.25) is 5.78 Å². The number of ketones is 1. The molecule has 0 bridgehead atoms. The number of ether oxygens (including phenoxy) is 2. The Morgan fingerprint density at radius 1 is 1.59 bits per heavy atom. The van der Waals surface area contributed by atoms with Gasteiger partial charge in [0.05, 0.1) is 11.5 Å². The van der Waals surface area contributed by atoms with Crippen LogP contribution in [-0.4, -0.2) is 30.1 Å². The van der Waals surface area contributed by atoms with E-state index in [1.165, 1.54) is 0 Å². The van der Waals surface area contributed by atoms with Crippen molar-refractivity contribution >= 4 is 11.8 Å². The molecule has 1 aromatic rings. The van der Waals surface area contributed by atoms with Crippen molar-refractivity contribution in [3.8, 4) is 11.5 Å². The number of fused-ring (bicyclic) bond motifs is 1. The van der Waals surface area contributed by atoms with E-state index in [1.54, 1.807) is 25.1 Å². The molecule has 0 radical (unpaired) electrons. The highest BCUT2D eigenvalue weighted by molar-refractivity contribution is 6.02. The summed E-state index contributed by atoms with van der Waals surface area (Å²) in [5.41, 5.74) is 0.545. The summed E-state index contributed by atoms with van der Waals surface area (Å²) in [6, 6.07) is 4.88. The number of benzene rings is 1. The van der Waals surface area contributed by atoms with E-state index in [0.29, 0.717) is 17.1 Å². The number of carbonyl (C=O) groups is 2. The number of carboxylic acids is 1. The number of hydrogen-bond acceptors (Lipinski definition) is 4. The van der Waals surface area contributed by atoms with E-state index in [9.17, 15) is 9.59 Å². The highest BCUT2D eigenvalue weighted by atomic mass is 16.5. The topological polar surface area (TPSA) is 72.8 Å². The van der Waals surface area contributed by atoms with Crippen molar-refractivity contribution in [2.24, 2.45) is 5.92 Å². The molecule has 5 nitrogen and oxygen atoms in total. The predicted octanol–water partition coefficient (Wildman–Crippen LogP) is 1.36. The lowest BCUT2D eigenvalue weighted by molar-refractivity contribution is -0.142. The summed E-state index contributed by atoms with van der Waals surface area (Å²) in [5, 5.41) is 8.70. The van der Waals surface area contributed by atoms with Crippen molar-refractivity contribution in [2.45, 2.75) is 6.92 Å². The second-order valence-corrected chi connectivity index (χ2v) is 3.92. The molecule has 1 aliphatic rings. The molecule has 1 unspecified atom stereocenters. The van der Waals surface area contributed by atoms with Gasteiger partial charge in [0, 0.05) is 6.07 Å². The molecule has 5 heteroatoms. The van der Waals surface area contributed by atoms with E-state index in [2.05, 4.69) is 0 Å². The van der Waals surface area contributed by atoms with Crippen molar-refractivity contribution in [2.75, 3.05) is 13.2 Å². The predicted molar refractivity (Wildman–Crippen MR) is 58.6 cm³/mol. The Hall–Kier alpha value is -2.04. The molecule has 1 heterocycles. The summed E-state index contributed by atoms with van der Waals surface area (Å²) in [6.45, 7) is 1.71. The zero-order chi connectivity index (χ0) is 12.4. The fourth-order valence-electron chi connectivity index (χ4n) is 1.46. The van der Waals surface area contributed by atoms with Crippen LogP contribution in [0.5, 0.6) is 11.5 Å². The SMILES string of the molecule is CC(COc1ccc2c(c1)OCC2=O)C(=O)O. The lowest BCUT2D eigenvalue weighted by atomic mass is 10.1. The fourth-order valence-corrected chi connectivity index (χ4v) is 1.46. The van der Waals surface area contributed by atoms with Gasteiger partial charge < -0.3 is 14.6 Å². The first-order valence-corrected chi connectivity index (χ1v) is 5.23. The molecule has 0 spiro atoms. The van der Waals surface area contributed by atoms with Crippen LogP contribution >= 0.6 is 0 Å². The molecule has 2 rings (SSSR count). The van der Waals surface area contributed by atoms with Gasteiger partial charge in [-0.3, -0.25) is 9.59 Å². The van der Waals surface area contributed by atoms with Crippen molar-refractivity contribution in [1.29, 1.82) is 0 Å². The van der Waals surface area contributed by atoms with Gasteiger partial charge in [-0.15, -0.1) is 0 Å². The molecule has 1 atom stereocenters. The summed E-state index contributed by atoms with van der Waals surface area (Å²) in [4.78, 5) is 21.9. The number of rotatable bonds is 4. The molecule has 0 amide bonds. The van der Waals surface area contributed by atoms with E-state index < -0.39 is 11.9 Å². The molecule has 1 aliphatic heterocycles. The maximum atomic E-state index is 11.3. The Kier molecular flexibility index (Phi) is 2.99. The summed E-state index contributed by atoms with van der Waals surface area (Å²) in [5.74, 6) is -0.532. The number of carbonyl (C=O) groups excluding carboxylic acids is 1. The molecular weight excluding hydrogens is 224 g/mol. The largest absolute Gasteiger partial charge is 0.493 e. The molecule has 0 aliphatic carbocycles. The number of aliphatic carboxylic acids is 1.